The van der Waals surface area contributed by atoms with Crippen molar-refractivity contribution in [1.29, 1.82) is 5.26 Å². The van der Waals surface area contributed by atoms with Gasteiger partial charge in [0.25, 0.3) is 10.0 Å². The van der Waals surface area contributed by atoms with Crippen LogP contribution in [-0.2, 0) is 10.0 Å². The fraction of sp³-hybridized carbons (Fsp3) is 0. The third kappa shape index (κ3) is 2.92. The molecule has 102 valence electrons. The Bertz CT molecular complexity index is 781. The minimum atomic E-state index is -3.97. The van der Waals surface area contributed by atoms with Gasteiger partial charge in [0.15, 0.2) is 0 Å². The predicted octanol–water partition coefficient (Wildman–Crippen LogP) is 2.64. The van der Waals surface area contributed by atoms with Gasteiger partial charge in [-0.25, -0.2) is 17.2 Å². The van der Waals surface area contributed by atoms with Gasteiger partial charge in [-0.3, -0.25) is 4.72 Å². The van der Waals surface area contributed by atoms with E-state index in [-0.39, 0.29) is 16.1 Å². The molecule has 0 radical (unpaired) electrons. The van der Waals surface area contributed by atoms with Crippen molar-refractivity contribution >= 4 is 15.7 Å². The van der Waals surface area contributed by atoms with E-state index in [1.54, 1.807) is 6.07 Å². The Morgan fingerprint density at radius 2 is 1.60 bits per heavy atom. The Labute approximate surface area is 114 Å². The Morgan fingerprint density at radius 1 is 1.00 bits per heavy atom. The minimum Gasteiger partial charge on any atom is -0.278 e. The SMILES string of the molecule is N#Cc1cc(F)ccc1NS(=O)(=O)c1ccc(F)cc1. The Kier molecular flexibility index (Phi) is 3.68. The topological polar surface area (TPSA) is 70.0 Å². The van der Waals surface area contributed by atoms with E-state index < -0.39 is 21.7 Å². The smallest absolute Gasteiger partial charge is 0.261 e. The molecule has 0 fully saturated rings. The summed E-state index contributed by atoms with van der Waals surface area (Å²) in [6.45, 7) is 0. The van der Waals surface area contributed by atoms with Crippen molar-refractivity contribution in [3.8, 4) is 6.07 Å². The normalized spacial score (nSPS) is 10.8. The van der Waals surface area contributed by atoms with E-state index in [1.165, 1.54) is 0 Å². The maximum absolute atomic E-state index is 13.0. The molecule has 0 amide bonds. The van der Waals surface area contributed by atoms with Crippen molar-refractivity contribution in [1.82, 2.24) is 0 Å². The zero-order chi connectivity index (χ0) is 14.8. The molecule has 0 heterocycles. The number of halogens is 2. The first-order chi connectivity index (χ1) is 9.42. The number of nitriles is 1. The van der Waals surface area contributed by atoms with Crippen molar-refractivity contribution in [3.63, 3.8) is 0 Å². The van der Waals surface area contributed by atoms with E-state index in [9.17, 15) is 17.2 Å². The molecular weight excluding hydrogens is 286 g/mol. The highest BCUT2D eigenvalue weighted by Crippen LogP contribution is 2.20. The first-order valence-corrected chi connectivity index (χ1v) is 6.89. The van der Waals surface area contributed by atoms with Crippen molar-refractivity contribution in [3.05, 3.63) is 59.7 Å². The molecule has 0 spiro atoms. The molecule has 4 nitrogen and oxygen atoms in total. The predicted molar refractivity (Wildman–Crippen MR) is 68.3 cm³/mol. The van der Waals surface area contributed by atoms with E-state index in [4.69, 9.17) is 5.26 Å². The highest BCUT2D eigenvalue weighted by atomic mass is 32.2. The summed E-state index contributed by atoms with van der Waals surface area (Å²) >= 11 is 0. The zero-order valence-electron chi connectivity index (χ0n) is 9.97. The molecule has 7 heteroatoms. The lowest BCUT2D eigenvalue weighted by Gasteiger charge is -2.09. The monoisotopic (exact) mass is 294 g/mol. The largest absolute Gasteiger partial charge is 0.278 e. The molecule has 0 bridgehead atoms. The molecule has 1 N–H and O–H groups in total. The van der Waals surface area contributed by atoms with Crippen LogP contribution in [0.3, 0.4) is 0 Å². The van der Waals surface area contributed by atoms with Gasteiger partial charge in [-0.15, -0.1) is 0 Å². The number of sulfonamides is 1. The van der Waals surface area contributed by atoms with E-state index >= 15 is 0 Å². The van der Waals surface area contributed by atoms with E-state index in [0.29, 0.717) is 0 Å². The average molecular weight is 294 g/mol. The number of rotatable bonds is 3. The van der Waals surface area contributed by atoms with Gasteiger partial charge in [0, 0.05) is 0 Å². The first-order valence-electron chi connectivity index (χ1n) is 5.40. The van der Waals surface area contributed by atoms with Gasteiger partial charge in [0.05, 0.1) is 16.1 Å². The van der Waals surface area contributed by atoms with Gasteiger partial charge in [0.2, 0.25) is 0 Å². The second kappa shape index (κ2) is 5.27. The summed E-state index contributed by atoms with van der Waals surface area (Å²) in [5.41, 5.74) is -0.186. The second-order valence-corrected chi connectivity index (χ2v) is 5.54. The number of hydrogen-bond acceptors (Lipinski definition) is 3. The summed E-state index contributed by atoms with van der Waals surface area (Å²) in [5.74, 6) is -1.21. The molecule has 0 saturated heterocycles. The van der Waals surface area contributed by atoms with E-state index in [1.807, 2.05) is 0 Å². The maximum atomic E-state index is 13.0. The molecule has 2 rings (SSSR count). The number of nitrogens with zero attached hydrogens (tertiary/aromatic N) is 1. The third-order valence-corrected chi connectivity index (χ3v) is 3.85. The fourth-order valence-corrected chi connectivity index (χ4v) is 2.60. The van der Waals surface area contributed by atoms with Crippen LogP contribution in [0.2, 0.25) is 0 Å². The lowest BCUT2D eigenvalue weighted by atomic mass is 10.2. The summed E-state index contributed by atoms with van der Waals surface area (Å²) < 4.78 is 51.9. The van der Waals surface area contributed by atoms with Crippen molar-refractivity contribution in [2.45, 2.75) is 4.90 Å². The zero-order valence-corrected chi connectivity index (χ0v) is 10.8. The van der Waals surface area contributed by atoms with Crippen LogP contribution >= 0.6 is 0 Å². The van der Waals surface area contributed by atoms with Gasteiger partial charge in [-0.1, -0.05) is 0 Å². The maximum Gasteiger partial charge on any atom is 0.261 e. The lowest BCUT2D eigenvalue weighted by Crippen LogP contribution is -2.14. The number of nitrogens with one attached hydrogen (secondary N) is 1. The van der Waals surface area contributed by atoms with Crippen LogP contribution in [0.15, 0.2) is 47.4 Å². The molecule has 20 heavy (non-hydrogen) atoms. The molecule has 0 aromatic heterocycles. The van der Waals surface area contributed by atoms with Gasteiger partial charge >= 0.3 is 0 Å². The van der Waals surface area contributed by atoms with Crippen LogP contribution in [-0.4, -0.2) is 8.42 Å². The van der Waals surface area contributed by atoms with Crippen LogP contribution in [0, 0.1) is 23.0 Å². The molecule has 0 aliphatic carbocycles. The molecule has 0 aliphatic heterocycles. The van der Waals surface area contributed by atoms with Gasteiger partial charge in [-0.2, -0.15) is 5.26 Å². The number of benzene rings is 2. The Morgan fingerprint density at radius 3 is 2.20 bits per heavy atom. The van der Waals surface area contributed by atoms with Crippen LogP contribution in [0.1, 0.15) is 5.56 Å². The fourth-order valence-electron chi connectivity index (χ4n) is 1.52. The molecule has 2 aromatic rings. The van der Waals surface area contributed by atoms with E-state index in [2.05, 4.69) is 4.72 Å². The standard InChI is InChI=1S/C13H8F2N2O2S/c14-10-1-4-12(5-2-10)20(18,19)17-13-6-3-11(15)7-9(13)8-16/h1-7,17H. The second-order valence-electron chi connectivity index (χ2n) is 3.86. The van der Waals surface area contributed by atoms with Gasteiger partial charge < -0.3 is 0 Å². The first kappa shape index (κ1) is 14.0. The minimum absolute atomic E-state index is 0.0433. The molecule has 0 aliphatic rings. The van der Waals surface area contributed by atoms with Crippen molar-refractivity contribution in [2.75, 3.05) is 4.72 Å². The summed E-state index contributed by atoms with van der Waals surface area (Å²) in [6.07, 6.45) is 0. The van der Waals surface area contributed by atoms with Gasteiger partial charge in [-0.05, 0) is 42.5 Å². The number of hydrogen-bond donors (Lipinski definition) is 1. The summed E-state index contributed by atoms with van der Waals surface area (Å²) in [5, 5.41) is 8.85. The van der Waals surface area contributed by atoms with Crippen LogP contribution < -0.4 is 4.72 Å². The molecular formula is C13H8F2N2O2S. The molecule has 0 unspecified atom stereocenters. The summed E-state index contributed by atoms with van der Waals surface area (Å²) in [4.78, 5) is -0.160. The quantitative estimate of drug-likeness (QED) is 0.946. The highest BCUT2D eigenvalue weighted by Gasteiger charge is 2.16. The highest BCUT2D eigenvalue weighted by molar-refractivity contribution is 7.92. The summed E-state index contributed by atoms with van der Waals surface area (Å²) in [6, 6.07) is 8.98. The lowest BCUT2D eigenvalue weighted by molar-refractivity contribution is 0.599. The van der Waals surface area contributed by atoms with Crippen LogP contribution in [0.4, 0.5) is 14.5 Å². The Hall–Kier alpha value is -2.46. The molecule has 0 atom stereocenters. The number of anilines is 1. The summed E-state index contributed by atoms with van der Waals surface area (Å²) in [7, 11) is -3.97. The third-order valence-electron chi connectivity index (χ3n) is 2.47. The van der Waals surface area contributed by atoms with Crippen LogP contribution in [0.25, 0.3) is 0 Å². The van der Waals surface area contributed by atoms with Crippen molar-refractivity contribution in [2.24, 2.45) is 0 Å². The van der Waals surface area contributed by atoms with Gasteiger partial charge in [0.1, 0.15) is 17.7 Å². The Balaban J connectivity index is 2.39. The van der Waals surface area contributed by atoms with Crippen molar-refractivity contribution < 1.29 is 17.2 Å². The van der Waals surface area contributed by atoms with E-state index in [0.717, 1.165) is 42.5 Å². The molecule has 2 aromatic carbocycles. The van der Waals surface area contributed by atoms with Crippen LogP contribution in [0.5, 0.6) is 0 Å². The molecule has 0 saturated carbocycles. The average Bonchev–Trinajstić information content (AvgIpc) is 2.41.